The Bertz CT molecular complexity index is 2110. The van der Waals surface area contributed by atoms with Crippen LogP contribution >= 0.6 is 22.9 Å². The van der Waals surface area contributed by atoms with E-state index in [4.69, 9.17) is 32.5 Å². The van der Waals surface area contributed by atoms with Gasteiger partial charge in [0.15, 0.2) is 11.6 Å². The minimum absolute atomic E-state index is 0.0157. The van der Waals surface area contributed by atoms with Gasteiger partial charge in [-0.15, -0.1) is 11.3 Å². The van der Waals surface area contributed by atoms with Crippen molar-refractivity contribution in [1.29, 1.82) is 10.5 Å². The highest BCUT2D eigenvalue weighted by Gasteiger charge is 2.48. The van der Waals surface area contributed by atoms with E-state index in [1.54, 1.807) is 12.3 Å². The van der Waals surface area contributed by atoms with Crippen molar-refractivity contribution in [3.63, 3.8) is 0 Å². The average molecular weight is 631 g/mol. The van der Waals surface area contributed by atoms with Crippen LogP contribution in [-0.4, -0.2) is 40.8 Å². The number of halogens is 3. The first-order chi connectivity index (χ1) is 21.2. The SMILES string of the molecule is COc1nc2c3c(c(Cl)c(-c4ccc(F)c5sc(N)c(C#N)c45)c(F)c3n1)OCC(Cc1ccnc(N)c1)N2C1CC1C#N. The van der Waals surface area contributed by atoms with E-state index < -0.39 is 11.6 Å². The molecule has 7 rings (SSSR count). The molecule has 4 heterocycles. The van der Waals surface area contributed by atoms with E-state index in [-0.39, 0.29) is 84.1 Å². The minimum Gasteiger partial charge on any atom is -0.489 e. The first-order valence-corrected chi connectivity index (χ1v) is 14.6. The maximum absolute atomic E-state index is 16.8. The predicted octanol–water partition coefficient (Wildman–Crippen LogP) is 5.60. The zero-order valence-electron chi connectivity index (χ0n) is 22.9. The summed E-state index contributed by atoms with van der Waals surface area (Å²) in [5, 5.41) is 19.9. The van der Waals surface area contributed by atoms with E-state index in [0.717, 1.165) is 16.9 Å². The van der Waals surface area contributed by atoms with Gasteiger partial charge in [-0.05, 0) is 42.2 Å². The zero-order chi connectivity index (χ0) is 30.9. The molecule has 4 N–H and O–H groups in total. The van der Waals surface area contributed by atoms with Crippen molar-refractivity contribution in [2.24, 2.45) is 5.92 Å². The van der Waals surface area contributed by atoms with E-state index in [0.29, 0.717) is 24.5 Å². The number of rotatable bonds is 5. The highest BCUT2D eigenvalue weighted by Crippen LogP contribution is 2.52. The molecule has 14 heteroatoms. The van der Waals surface area contributed by atoms with Crippen molar-refractivity contribution in [2.45, 2.75) is 24.9 Å². The Hall–Kier alpha value is -4.98. The maximum Gasteiger partial charge on any atom is 0.318 e. The zero-order valence-corrected chi connectivity index (χ0v) is 24.5. The summed E-state index contributed by atoms with van der Waals surface area (Å²) in [4.78, 5) is 15.0. The molecule has 10 nitrogen and oxygen atoms in total. The molecule has 1 aliphatic heterocycles. The molecule has 0 amide bonds. The summed E-state index contributed by atoms with van der Waals surface area (Å²) in [7, 11) is 1.37. The molecule has 0 spiro atoms. The highest BCUT2D eigenvalue weighted by atomic mass is 35.5. The normalized spacial score (nSPS) is 18.9. The lowest BCUT2D eigenvalue weighted by Gasteiger charge is -2.31. The molecule has 5 aromatic rings. The second-order valence-corrected chi connectivity index (χ2v) is 12.0. The van der Waals surface area contributed by atoms with Crippen molar-refractivity contribution < 1.29 is 18.3 Å². The van der Waals surface area contributed by atoms with E-state index in [1.165, 1.54) is 19.2 Å². The van der Waals surface area contributed by atoms with Crippen molar-refractivity contribution in [3.05, 3.63) is 58.2 Å². The molecule has 2 aliphatic rings. The number of nitrogens with two attached hydrogens (primary N) is 2. The molecular formula is C30H21ClF2N8O2S. The number of benzene rings is 2. The Morgan fingerprint density at radius 2 is 2.02 bits per heavy atom. The fraction of sp³-hybridized carbons (Fsp3) is 0.233. The number of ether oxygens (including phenoxy) is 2. The largest absolute Gasteiger partial charge is 0.489 e. The number of nitrogens with zero attached hydrogens (tertiary/aromatic N) is 6. The molecular weight excluding hydrogens is 610 g/mol. The Kier molecular flexibility index (Phi) is 6.53. The fourth-order valence-corrected chi connectivity index (χ4v) is 7.22. The van der Waals surface area contributed by atoms with Gasteiger partial charge < -0.3 is 25.8 Å². The van der Waals surface area contributed by atoms with Crippen molar-refractivity contribution in [2.75, 3.05) is 30.1 Å². The van der Waals surface area contributed by atoms with Crippen LogP contribution in [0, 0.1) is 40.2 Å². The van der Waals surface area contributed by atoms with Crippen molar-refractivity contribution in [3.8, 4) is 35.0 Å². The summed E-state index contributed by atoms with van der Waals surface area (Å²) in [6.07, 6.45) is 2.62. The van der Waals surface area contributed by atoms with Crippen molar-refractivity contribution >= 4 is 60.6 Å². The molecule has 3 unspecified atom stereocenters. The van der Waals surface area contributed by atoms with Crippen LogP contribution in [0.2, 0.25) is 5.02 Å². The monoisotopic (exact) mass is 630 g/mol. The topological polar surface area (TPSA) is 160 Å². The second kappa shape index (κ2) is 10.3. The molecule has 0 radical (unpaired) electrons. The number of methoxy groups -OCH3 is 1. The Morgan fingerprint density at radius 3 is 2.73 bits per heavy atom. The van der Waals surface area contributed by atoms with Crippen LogP contribution < -0.4 is 25.8 Å². The summed E-state index contributed by atoms with van der Waals surface area (Å²) in [5.41, 5.74) is 12.8. The predicted molar refractivity (Wildman–Crippen MR) is 163 cm³/mol. The second-order valence-electron chi connectivity index (χ2n) is 10.5. The first-order valence-electron chi connectivity index (χ1n) is 13.4. The third-order valence-electron chi connectivity index (χ3n) is 7.98. The molecule has 44 heavy (non-hydrogen) atoms. The van der Waals surface area contributed by atoms with Gasteiger partial charge >= 0.3 is 6.01 Å². The number of nitrogen functional groups attached to an aromatic ring is 2. The van der Waals surface area contributed by atoms with Crippen LogP contribution in [0.5, 0.6) is 11.8 Å². The molecule has 1 saturated carbocycles. The summed E-state index contributed by atoms with van der Waals surface area (Å²) in [6.45, 7) is 0.0864. The molecule has 220 valence electrons. The highest BCUT2D eigenvalue weighted by molar-refractivity contribution is 7.23. The first kappa shape index (κ1) is 27.8. The van der Waals surface area contributed by atoms with Crippen LogP contribution in [0.3, 0.4) is 0 Å². The van der Waals surface area contributed by atoms with Crippen LogP contribution in [0.15, 0.2) is 30.5 Å². The Balaban J connectivity index is 1.51. The van der Waals surface area contributed by atoms with Gasteiger partial charge in [0, 0.05) is 23.2 Å². The average Bonchev–Trinajstić information content (AvgIpc) is 3.73. The number of hydrogen-bond donors (Lipinski definition) is 2. The maximum atomic E-state index is 16.8. The van der Waals surface area contributed by atoms with Gasteiger partial charge in [-0.2, -0.15) is 20.5 Å². The van der Waals surface area contributed by atoms with E-state index >= 15 is 4.39 Å². The van der Waals surface area contributed by atoms with Gasteiger partial charge in [0.1, 0.15) is 40.6 Å². The Morgan fingerprint density at radius 1 is 1.20 bits per heavy atom. The molecule has 3 atom stereocenters. The summed E-state index contributed by atoms with van der Waals surface area (Å²) < 4.78 is 43.6. The van der Waals surface area contributed by atoms with E-state index in [2.05, 4.69) is 21.0 Å². The molecule has 1 fully saturated rings. The quantitative estimate of drug-likeness (QED) is 0.250. The molecule has 2 aromatic carbocycles. The summed E-state index contributed by atoms with van der Waals surface area (Å²) >= 11 is 7.89. The number of hydrogen-bond acceptors (Lipinski definition) is 11. The minimum atomic E-state index is -0.839. The van der Waals surface area contributed by atoms with Gasteiger partial charge in [0.2, 0.25) is 0 Å². The van der Waals surface area contributed by atoms with Gasteiger partial charge in [-0.3, -0.25) is 0 Å². The molecule has 0 saturated heterocycles. The van der Waals surface area contributed by atoms with Crippen LogP contribution in [0.1, 0.15) is 17.5 Å². The number of fused-ring (bicyclic) bond motifs is 1. The Labute approximate surface area is 258 Å². The molecule has 0 bridgehead atoms. The fourth-order valence-electron chi connectivity index (χ4n) is 5.93. The lowest BCUT2D eigenvalue weighted by Crippen LogP contribution is -2.43. The van der Waals surface area contributed by atoms with Crippen LogP contribution in [-0.2, 0) is 6.42 Å². The molecule has 1 aliphatic carbocycles. The number of thiophene rings is 1. The number of aromatic nitrogens is 3. The lowest BCUT2D eigenvalue weighted by atomic mass is 9.96. The smallest absolute Gasteiger partial charge is 0.318 e. The van der Waals surface area contributed by atoms with Gasteiger partial charge in [-0.1, -0.05) is 17.7 Å². The van der Waals surface area contributed by atoms with Crippen molar-refractivity contribution in [1.82, 2.24) is 15.0 Å². The third-order valence-corrected chi connectivity index (χ3v) is 9.37. The molecule has 3 aromatic heterocycles. The summed E-state index contributed by atoms with van der Waals surface area (Å²) in [5.74, 6) is -0.946. The van der Waals surface area contributed by atoms with E-state index in [9.17, 15) is 14.9 Å². The van der Waals surface area contributed by atoms with E-state index in [1.807, 2.05) is 17.0 Å². The third kappa shape index (κ3) is 4.19. The standard InChI is InChI=1S/C30H21ClF2N8O2S/c1-42-30-39-25-22-26(23(31)21(24(25)33)15-2-3-17(32)27-20(15)16(10-35)28(37)44-27)43-11-14(6-12-4-5-38-19(36)7-12)41(29(22)40-30)18-8-13(18)9-34/h2-5,7,13-14,18H,6,8,11,37H2,1H3,(H2,36,38). The van der Waals surface area contributed by atoms with Crippen LogP contribution in [0.25, 0.3) is 32.1 Å². The number of anilines is 3. The summed E-state index contributed by atoms with van der Waals surface area (Å²) in [6, 6.07) is 9.73. The van der Waals surface area contributed by atoms with Crippen LogP contribution in [0.4, 0.5) is 25.4 Å². The lowest BCUT2D eigenvalue weighted by molar-refractivity contribution is 0.286. The van der Waals surface area contributed by atoms with Gasteiger partial charge in [0.25, 0.3) is 0 Å². The number of nitriles is 2. The number of pyridine rings is 1. The van der Waals surface area contributed by atoms with Gasteiger partial charge in [0.05, 0.1) is 45.8 Å². The van der Waals surface area contributed by atoms with Gasteiger partial charge in [-0.25, -0.2) is 13.8 Å².